The first-order valence-corrected chi connectivity index (χ1v) is 4.42. The molecule has 68 valence electrons. The van der Waals surface area contributed by atoms with Crippen molar-refractivity contribution in [3.8, 4) is 0 Å². The Labute approximate surface area is 87.4 Å². The van der Waals surface area contributed by atoms with E-state index in [0.29, 0.717) is 9.50 Å². The Balaban J connectivity index is 3.11. The van der Waals surface area contributed by atoms with E-state index in [-0.39, 0.29) is 5.56 Å². The zero-order chi connectivity index (χ0) is 10.0. The molecule has 1 aromatic carbocycles. The summed E-state index contributed by atoms with van der Waals surface area (Å²) in [4.78, 5) is 21.2. The molecule has 0 saturated carbocycles. The lowest BCUT2D eigenvalue weighted by Gasteiger charge is -1.98. The molecule has 0 unspecified atom stereocenters. The van der Waals surface area contributed by atoms with Crippen LogP contribution in [-0.4, -0.2) is 16.9 Å². The summed E-state index contributed by atoms with van der Waals surface area (Å²) in [6, 6.07) is 4.20. The van der Waals surface area contributed by atoms with E-state index in [0.717, 1.165) is 0 Å². The van der Waals surface area contributed by atoms with Crippen molar-refractivity contribution in [3.05, 3.63) is 33.3 Å². The molecule has 0 fully saturated rings. The lowest BCUT2D eigenvalue weighted by Crippen LogP contribution is -2.12. The van der Waals surface area contributed by atoms with Crippen LogP contribution in [0, 0.1) is 0 Å². The van der Waals surface area contributed by atoms with Crippen LogP contribution in [0.3, 0.4) is 0 Å². The maximum Gasteiger partial charge on any atom is 0.377 e. The third kappa shape index (κ3) is 2.29. The van der Waals surface area contributed by atoms with Gasteiger partial charge in [0.15, 0.2) is 0 Å². The van der Waals surface area contributed by atoms with Gasteiger partial charge in [0.05, 0.1) is 5.02 Å². The quantitative estimate of drug-likeness (QED) is 0.658. The van der Waals surface area contributed by atoms with E-state index in [9.17, 15) is 9.59 Å². The molecule has 0 amide bonds. The first-order chi connectivity index (χ1) is 6.02. The molecule has 0 aromatic heterocycles. The topological polar surface area (TPSA) is 54.4 Å². The fraction of sp³-hybridized carbons (Fsp3) is 0. The molecule has 1 aromatic rings. The summed E-state index contributed by atoms with van der Waals surface area (Å²) in [7, 11) is 0. The lowest BCUT2D eigenvalue weighted by molar-refractivity contribution is -0.131. The first-order valence-electron chi connectivity index (χ1n) is 3.25. The van der Waals surface area contributed by atoms with Crippen LogP contribution < -0.4 is 0 Å². The fourth-order valence-corrected chi connectivity index (χ4v) is 1.26. The summed E-state index contributed by atoms with van der Waals surface area (Å²) in [6.07, 6.45) is 0. The van der Waals surface area contributed by atoms with Gasteiger partial charge in [0.1, 0.15) is 0 Å². The Morgan fingerprint density at radius 1 is 1.38 bits per heavy atom. The minimum absolute atomic E-state index is 0.101. The Hall–Kier alpha value is -0.870. The molecule has 0 aliphatic carbocycles. The molecule has 1 rings (SSSR count). The van der Waals surface area contributed by atoms with Gasteiger partial charge in [-0.05, 0) is 34.1 Å². The summed E-state index contributed by atoms with van der Waals surface area (Å²) in [5, 5.41) is 8.83. The van der Waals surface area contributed by atoms with Gasteiger partial charge in [-0.15, -0.1) is 0 Å². The molecule has 0 radical (unpaired) electrons. The van der Waals surface area contributed by atoms with Crippen molar-refractivity contribution in [1.29, 1.82) is 0 Å². The highest BCUT2D eigenvalue weighted by Crippen LogP contribution is 2.23. The number of carbonyl (C=O) groups excluding carboxylic acids is 1. The second-order valence-corrected chi connectivity index (χ2v) is 3.52. The average molecular weight is 263 g/mol. The van der Waals surface area contributed by atoms with Crippen molar-refractivity contribution in [2.45, 2.75) is 0 Å². The summed E-state index contributed by atoms with van der Waals surface area (Å²) in [5.74, 6) is -2.42. The van der Waals surface area contributed by atoms with Gasteiger partial charge < -0.3 is 5.11 Å². The Morgan fingerprint density at radius 2 is 2.00 bits per heavy atom. The molecule has 0 spiro atoms. The molecule has 0 heterocycles. The van der Waals surface area contributed by atoms with Crippen molar-refractivity contribution in [2.24, 2.45) is 0 Å². The molecule has 1 N–H and O–H groups in total. The van der Waals surface area contributed by atoms with Gasteiger partial charge in [-0.3, -0.25) is 4.79 Å². The second kappa shape index (κ2) is 3.89. The summed E-state index contributed by atoms with van der Waals surface area (Å²) < 4.78 is 0.501. The molecule has 5 heteroatoms. The van der Waals surface area contributed by atoms with E-state index in [1.807, 2.05) is 0 Å². The van der Waals surface area contributed by atoms with E-state index in [2.05, 4.69) is 15.9 Å². The third-order valence-electron chi connectivity index (χ3n) is 1.38. The second-order valence-electron chi connectivity index (χ2n) is 2.26. The van der Waals surface area contributed by atoms with Crippen LogP contribution in [0.5, 0.6) is 0 Å². The summed E-state index contributed by atoms with van der Waals surface area (Å²) in [5.41, 5.74) is 0.101. The number of carboxylic acids is 1. The molecule has 0 aliphatic heterocycles. The van der Waals surface area contributed by atoms with Gasteiger partial charge >= 0.3 is 5.97 Å². The number of rotatable bonds is 2. The maximum absolute atomic E-state index is 10.9. The van der Waals surface area contributed by atoms with Crippen LogP contribution in [0.4, 0.5) is 0 Å². The van der Waals surface area contributed by atoms with Crippen LogP contribution >= 0.6 is 27.5 Å². The van der Waals surface area contributed by atoms with Crippen LogP contribution in [0.15, 0.2) is 22.7 Å². The number of hydrogen-bond acceptors (Lipinski definition) is 2. The van der Waals surface area contributed by atoms with Crippen LogP contribution in [0.2, 0.25) is 5.02 Å². The van der Waals surface area contributed by atoms with Crippen LogP contribution in [0.1, 0.15) is 10.4 Å². The zero-order valence-corrected chi connectivity index (χ0v) is 8.59. The smallest absolute Gasteiger partial charge is 0.377 e. The number of ketones is 1. The average Bonchev–Trinajstić information content (AvgIpc) is 2.08. The highest BCUT2D eigenvalue weighted by molar-refractivity contribution is 9.10. The normalized spacial score (nSPS) is 9.69. The highest BCUT2D eigenvalue weighted by Gasteiger charge is 2.14. The van der Waals surface area contributed by atoms with Crippen LogP contribution in [-0.2, 0) is 4.79 Å². The number of halogens is 2. The number of carboxylic acid groups (broad SMARTS) is 1. The highest BCUT2D eigenvalue weighted by atomic mass is 79.9. The third-order valence-corrected chi connectivity index (χ3v) is 2.59. The van der Waals surface area contributed by atoms with Gasteiger partial charge in [0, 0.05) is 10.0 Å². The van der Waals surface area contributed by atoms with Gasteiger partial charge in [-0.2, -0.15) is 0 Å². The zero-order valence-electron chi connectivity index (χ0n) is 6.25. The predicted octanol–water partition coefficient (Wildman–Crippen LogP) is 2.37. The van der Waals surface area contributed by atoms with Gasteiger partial charge in [0.25, 0.3) is 5.78 Å². The Kier molecular flexibility index (Phi) is 3.06. The number of aliphatic carboxylic acids is 1. The Morgan fingerprint density at radius 3 is 2.46 bits per heavy atom. The number of hydrogen-bond donors (Lipinski definition) is 1. The van der Waals surface area contributed by atoms with Crippen LogP contribution in [0.25, 0.3) is 0 Å². The largest absolute Gasteiger partial charge is 0.475 e. The van der Waals surface area contributed by atoms with Crippen molar-refractivity contribution in [1.82, 2.24) is 0 Å². The molecule has 3 nitrogen and oxygen atoms in total. The van der Waals surface area contributed by atoms with Crippen molar-refractivity contribution in [3.63, 3.8) is 0 Å². The predicted molar refractivity (Wildman–Crippen MR) is 51.1 cm³/mol. The van der Waals surface area contributed by atoms with E-state index < -0.39 is 11.8 Å². The Bertz CT molecular complexity index is 376. The molecule has 0 atom stereocenters. The number of benzene rings is 1. The van der Waals surface area contributed by atoms with E-state index in [1.165, 1.54) is 18.2 Å². The van der Waals surface area contributed by atoms with Crippen molar-refractivity contribution < 1.29 is 14.7 Å². The van der Waals surface area contributed by atoms with Crippen molar-refractivity contribution in [2.75, 3.05) is 0 Å². The molecular weight excluding hydrogens is 259 g/mol. The molecule has 0 saturated heterocycles. The minimum Gasteiger partial charge on any atom is -0.475 e. The van der Waals surface area contributed by atoms with E-state index in [1.54, 1.807) is 0 Å². The number of Topliss-reactive ketones (excluding diaryl/α,β-unsaturated/α-hetero) is 1. The molecule has 0 aliphatic rings. The summed E-state index contributed by atoms with van der Waals surface area (Å²) in [6.45, 7) is 0. The van der Waals surface area contributed by atoms with Gasteiger partial charge in [0.2, 0.25) is 0 Å². The van der Waals surface area contributed by atoms with Gasteiger partial charge in [-0.25, -0.2) is 4.79 Å². The minimum atomic E-state index is -1.48. The maximum atomic E-state index is 10.9. The first kappa shape index (κ1) is 10.2. The fourth-order valence-electron chi connectivity index (χ4n) is 0.761. The van der Waals surface area contributed by atoms with E-state index >= 15 is 0 Å². The van der Waals surface area contributed by atoms with Crippen molar-refractivity contribution >= 4 is 39.3 Å². The monoisotopic (exact) mass is 262 g/mol. The lowest BCUT2D eigenvalue weighted by atomic mass is 10.1. The molecular formula is C8H4BrClO3. The summed E-state index contributed by atoms with van der Waals surface area (Å²) >= 11 is 8.75. The number of carbonyl (C=O) groups is 2. The van der Waals surface area contributed by atoms with Gasteiger partial charge in [-0.1, -0.05) is 11.6 Å². The molecule has 0 bridgehead atoms. The van der Waals surface area contributed by atoms with E-state index in [4.69, 9.17) is 16.7 Å². The molecule has 13 heavy (non-hydrogen) atoms. The standard InChI is InChI=1S/C8H4BrClO3/c9-5-3-4(1-2-6(5)10)7(11)8(12)13/h1-3H,(H,12,13). The SMILES string of the molecule is O=C(O)C(=O)c1ccc(Cl)c(Br)c1.